The molecule has 4 rings (SSSR count). The predicted octanol–water partition coefficient (Wildman–Crippen LogP) is 4.94. The average Bonchev–Trinajstić information content (AvgIpc) is 2.84. The van der Waals surface area contributed by atoms with Gasteiger partial charge in [0.1, 0.15) is 6.29 Å². The molecule has 1 unspecified atom stereocenters. The van der Waals surface area contributed by atoms with E-state index in [2.05, 4.69) is 40.5 Å². The number of rotatable bonds is 7. The molecule has 1 fully saturated rings. The molecule has 0 saturated carbocycles. The van der Waals surface area contributed by atoms with Crippen LogP contribution in [0.25, 0.3) is 0 Å². The molecule has 31 heavy (non-hydrogen) atoms. The molecule has 0 bridgehead atoms. The number of para-hydroxylation sites is 1. The molecule has 1 aliphatic rings. The smallest absolute Gasteiger partial charge is 0.225 e. The Bertz CT molecular complexity index is 1010. The summed E-state index contributed by atoms with van der Waals surface area (Å²) >= 11 is 0. The minimum absolute atomic E-state index is 0.0406. The quantitative estimate of drug-likeness (QED) is 0.560. The van der Waals surface area contributed by atoms with Gasteiger partial charge >= 0.3 is 0 Å². The monoisotopic (exact) mass is 412 g/mol. The standard InChI is InChI=1S/C27H28N2O2/c30-20-22-15-13-21(14-16-22)19-26(31)28-27(23-9-3-1-4-10-23)24-11-5-6-12-25(24)29-17-7-2-8-18-29/h1,3-6,9-16,20,27H,2,7-8,17-19H2,(H,28,31). The summed E-state index contributed by atoms with van der Waals surface area (Å²) in [5.41, 5.74) is 4.89. The van der Waals surface area contributed by atoms with Gasteiger partial charge in [0.2, 0.25) is 5.91 Å². The molecule has 0 aliphatic carbocycles. The highest BCUT2D eigenvalue weighted by Gasteiger charge is 2.23. The van der Waals surface area contributed by atoms with Crippen molar-refractivity contribution in [3.8, 4) is 0 Å². The van der Waals surface area contributed by atoms with E-state index in [1.165, 1.54) is 24.9 Å². The number of nitrogens with one attached hydrogen (secondary N) is 1. The molecule has 1 N–H and O–H groups in total. The number of nitrogens with zero attached hydrogens (tertiary/aromatic N) is 1. The maximum absolute atomic E-state index is 13.0. The summed E-state index contributed by atoms with van der Waals surface area (Å²) < 4.78 is 0. The van der Waals surface area contributed by atoms with Crippen LogP contribution in [-0.2, 0) is 11.2 Å². The van der Waals surface area contributed by atoms with Crippen molar-refractivity contribution in [3.63, 3.8) is 0 Å². The maximum atomic E-state index is 13.0. The lowest BCUT2D eigenvalue weighted by molar-refractivity contribution is -0.120. The molecule has 1 atom stereocenters. The van der Waals surface area contributed by atoms with Crippen molar-refractivity contribution in [2.75, 3.05) is 18.0 Å². The minimum Gasteiger partial charge on any atom is -0.371 e. The highest BCUT2D eigenvalue weighted by Crippen LogP contribution is 2.32. The second-order valence-corrected chi connectivity index (χ2v) is 8.05. The van der Waals surface area contributed by atoms with Crippen LogP contribution < -0.4 is 10.2 Å². The third-order valence-electron chi connectivity index (χ3n) is 5.86. The molecule has 3 aromatic carbocycles. The Morgan fingerprint density at radius 2 is 1.55 bits per heavy atom. The molecule has 4 heteroatoms. The van der Waals surface area contributed by atoms with Crippen molar-refractivity contribution in [3.05, 3.63) is 101 Å². The Labute approximate surface area is 183 Å². The molecule has 0 spiro atoms. The van der Waals surface area contributed by atoms with Gasteiger partial charge in [-0.25, -0.2) is 0 Å². The van der Waals surface area contributed by atoms with Crippen LogP contribution in [0.4, 0.5) is 5.69 Å². The zero-order valence-corrected chi connectivity index (χ0v) is 17.7. The lowest BCUT2D eigenvalue weighted by Crippen LogP contribution is -2.34. The van der Waals surface area contributed by atoms with Crippen LogP contribution in [0, 0.1) is 0 Å². The molecule has 1 amide bonds. The maximum Gasteiger partial charge on any atom is 0.225 e. The fourth-order valence-electron chi connectivity index (χ4n) is 4.25. The topological polar surface area (TPSA) is 49.4 Å². The Balaban J connectivity index is 1.61. The van der Waals surface area contributed by atoms with Crippen molar-refractivity contribution < 1.29 is 9.59 Å². The highest BCUT2D eigenvalue weighted by molar-refractivity contribution is 5.80. The number of aldehydes is 1. The van der Waals surface area contributed by atoms with Crippen molar-refractivity contribution in [2.24, 2.45) is 0 Å². The van der Waals surface area contributed by atoms with Gasteiger partial charge in [0.15, 0.2) is 0 Å². The zero-order valence-electron chi connectivity index (χ0n) is 17.7. The van der Waals surface area contributed by atoms with E-state index in [4.69, 9.17) is 0 Å². The van der Waals surface area contributed by atoms with Gasteiger partial charge in [0, 0.05) is 29.9 Å². The first-order chi connectivity index (χ1) is 15.2. The SMILES string of the molecule is O=Cc1ccc(CC(=O)NC(c2ccccc2)c2ccccc2N2CCCCC2)cc1. The lowest BCUT2D eigenvalue weighted by atomic mass is 9.95. The molecule has 3 aromatic rings. The normalized spacial score (nSPS) is 14.6. The van der Waals surface area contributed by atoms with Gasteiger partial charge in [0.25, 0.3) is 0 Å². The van der Waals surface area contributed by atoms with E-state index in [-0.39, 0.29) is 18.4 Å². The van der Waals surface area contributed by atoms with Crippen LogP contribution in [0.1, 0.15) is 52.4 Å². The zero-order chi connectivity index (χ0) is 21.5. The Morgan fingerprint density at radius 3 is 2.26 bits per heavy atom. The van der Waals surface area contributed by atoms with Gasteiger partial charge in [-0.2, -0.15) is 0 Å². The Morgan fingerprint density at radius 1 is 0.871 bits per heavy atom. The summed E-state index contributed by atoms with van der Waals surface area (Å²) in [5.74, 6) is -0.0406. The first-order valence-corrected chi connectivity index (χ1v) is 11.0. The molecule has 158 valence electrons. The van der Waals surface area contributed by atoms with E-state index in [0.29, 0.717) is 5.56 Å². The number of carbonyl (C=O) groups excluding carboxylic acids is 2. The van der Waals surface area contributed by atoms with E-state index in [0.717, 1.165) is 36.1 Å². The van der Waals surface area contributed by atoms with Crippen LogP contribution in [0.2, 0.25) is 0 Å². The van der Waals surface area contributed by atoms with E-state index in [1.807, 2.05) is 36.4 Å². The van der Waals surface area contributed by atoms with Gasteiger partial charge in [-0.05, 0) is 36.5 Å². The fraction of sp³-hybridized carbons (Fsp3) is 0.259. The summed E-state index contributed by atoms with van der Waals surface area (Å²) in [7, 11) is 0. The van der Waals surface area contributed by atoms with Crippen LogP contribution in [0.15, 0.2) is 78.9 Å². The van der Waals surface area contributed by atoms with Crippen molar-refractivity contribution in [1.82, 2.24) is 5.32 Å². The van der Waals surface area contributed by atoms with E-state index < -0.39 is 0 Å². The minimum atomic E-state index is -0.221. The number of amides is 1. The summed E-state index contributed by atoms with van der Waals surface area (Å²) in [5, 5.41) is 3.27. The lowest BCUT2D eigenvalue weighted by Gasteiger charge is -2.33. The van der Waals surface area contributed by atoms with E-state index in [9.17, 15) is 9.59 Å². The first kappa shape index (κ1) is 20.9. The molecular formula is C27H28N2O2. The Kier molecular flexibility index (Phi) is 6.78. The summed E-state index contributed by atoms with van der Waals surface area (Å²) in [6.45, 7) is 2.10. The van der Waals surface area contributed by atoms with Gasteiger partial charge in [-0.1, -0.05) is 72.8 Å². The molecule has 1 heterocycles. The number of carbonyl (C=O) groups is 2. The van der Waals surface area contributed by atoms with Crippen LogP contribution >= 0.6 is 0 Å². The molecule has 0 radical (unpaired) electrons. The third kappa shape index (κ3) is 5.21. The number of benzene rings is 3. The second-order valence-electron chi connectivity index (χ2n) is 8.05. The molecule has 4 nitrogen and oxygen atoms in total. The van der Waals surface area contributed by atoms with Crippen molar-refractivity contribution >= 4 is 17.9 Å². The van der Waals surface area contributed by atoms with Crippen LogP contribution in [-0.4, -0.2) is 25.3 Å². The largest absolute Gasteiger partial charge is 0.371 e. The summed E-state index contributed by atoms with van der Waals surface area (Å²) in [4.78, 5) is 26.3. The summed E-state index contributed by atoms with van der Waals surface area (Å²) in [6.07, 6.45) is 4.77. The van der Waals surface area contributed by atoms with Crippen LogP contribution in [0.3, 0.4) is 0 Å². The third-order valence-corrected chi connectivity index (χ3v) is 5.86. The van der Waals surface area contributed by atoms with Gasteiger partial charge in [0.05, 0.1) is 12.5 Å². The molecule has 1 saturated heterocycles. The number of anilines is 1. The second kappa shape index (κ2) is 10.1. The van der Waals surface area contributed by atoms with E-state index >= 15 is 0 Å². The number of piperidine rings is 1. The first-order valence-electron chi connectivity index (χ1n) is 11.0. The van der Waals surface area contributed by atoms with Crippen molar-refractivity contribution in [2.45, 2.75) is 31.7 Å². The van der Waals surface area contributed by atoms with Crippen LogP contribution in [0.5, 0.6) is 0 Å². The molecule has 0 aromatic heterocycles. The number of hydrogen-bond donors (Lipinski definition) is 1. The van der Waals surface area contributed by atoms with Gasteiger partial charge < -0.3 is 10.2 Å². The predicted molar refractivity (Wildman–Crippen MR) is 124 cm³/mol. The fourth-order valence-corrected chi connectivity index (χ4v) is 4.25. The van der Waals surface area contributed by atoms with E-state index in [1.54, 1.807) is 12.1 Å². The number of hydrogen-bond acceptors (Lipinski definition) is 3. The summed E-state index contributed by atoms with van der Waals surface area (Å²) in [6, 6.07) is 25.5. The molecule has 1 aliphatic heterocycles. The highest BCUT2D eigenvalue weighted by atomic mass is 16.1. The average molecular weight is 413 g/mol. The Hall–Kier alpha value is -3.40. The van der Waals surface area contributed by atoms with Crippen molar-refractivity contribution in [1.29, 1.82) is 0 Å². The molecular weight excluding hydrogens is 384 g/mol. The van der Waals surface area contributed by atoms with Gasteiger partial charge in [-0.15, -0.1) is 0 Å². The van der Waals surface area contributed by atoms with Gasteiger partial charge in [-0.3, -0.25) is 9.59 Å².